The van der Waals surface area contributed by atoms with Crippen LogP contribution in [-0.2, 0) is 11.0 Å². The van der Waals surface area contributed by atoms with E-state index in [0.29, 0.717) is 22.7 Å². The quantitative estimate of drug-likeness (QED) is 0.270. The first-order valence-electron chi connectivity index (χ1n) is 10.3. The fourth-order valence-corrected chi connectivity index (χ4v) is 4.24. The van der Waals surface area contributed by atoms with Gasteiger partial charge in [0.25, 0.3) is 0 Å². The Morgan fingerprint density at radius 3 is 2.40 bits per heavy atom. The summed E-state index contributed by atoms with van der Waals surface area (Å²) in [4.78, 5) is 13.2. The number of rotatable bonds is 7. The number of hydrogen-bond acceptors (Lipinski definition) is 6. The maximum atomic E-state index is 13.2. The van der Waals surface area contributed by atoms with Gasteiger partial charge in [-0.1, -0.05) is 48.2 Å². The van der Waals surface area contributed by atoms with Gasteiger partial charge in [0.1, 0.15) is 11.0 Å². The van der Waals surface area contributed by atoms with Crippen molar-refractivity contribution in [2.75, 3.05) is 18.3 Å². The van der Waals surface area contributed by atoms with E-state index in [0.717, 1.165) is 23.9 Å². The van der Waals surface area contributed by atoms with Gasteiger partial charge in [-0.15, -0.1) is 10.2 Å². The lowest BCUT2D eigenvalue weighted by atomic mass is 10.1. The number of methoxy groups -OCH3 is 1. The van der Waals surface area contributed by atoms with Gasteiger partial charge < -0.3 is 15.9 Å². The summed E-state index contributed by atoms with van der Waals surface area (Å²) in [5, 5.41) is 10.2. The number of nitrogen functional groups attached to an aromatic ring is 1. The molecule has 0 radical (unpaired) electrons. The number of carbonyl (C=O) groups excluding carboxylic acids is 1. The third-order valence-corrected chi connectivity index (χ3v) is 6.25. The molecule has 0 fully saturated rings. The molecule has 0 spiro atoms. The molecule has 0 aliphatic heterocycles. The number of benzene rings is 3. The predicted molar refractivity (Wildman–Crippen MR) is 127 cm³/mol. The van der Waals surface area contributed by atoms with Crippen LogP contribution in [0.25, 0.3) is 11.4 Å². The summed E-state index contributed by atoms with van der Waals surface area (Å²) in [5.74, 6) is 6.75. The minimum Gasteiger partial charge on any atom is -0.497 e. The Bertz CT molecular complexity index is 1310. The molecule has 0 aliphatic carbocycles. The average molecular weight is 500 g/mol. The number of nitrogens with one attached hydrogen (secondary N) is 1. The Hall–Kier alpha value is -3.99. The van der Waals surface area contributed by atoms with Crippen molar-refractivity contribution in [3.8, 4) is 17.1 Å². The van der Waals surface area contributed by atoms with Crippen LogP contribution in [-0.4, -0.2) is 27.9 Å². The van der Waals surface area contributed by atoms with Crippen molar-refractivity contribution in [3.63, 3.8) is 0 Å². The monoisotopic (exact) mass is 499 g/mol. The SMILES string of the molecule is COc1ccc(-c2nnc(SC(C(=O)Nc3cccc(C(F)(F)F)c3)c3ccccc3)n2N)cc1. The van der Waals surface area contributed by atoms with Gasteiger partial charge in [-0.25, -0.2) is 4.68 Å². The molecule has 1 heterocycles. The van der Waals surface area contributed by atoms with E-state index in [-0.39, 0.29) is 10.8 Å². The lowest BCUT2D eigenvalue weighted by Crippen LogP contribution is -2.21. The number of thioether (sulfide) groups is 1. The second kappa shape index (κ2) is 10.1. The molecule has 4 rings (SSSR count). The number of halogens is 3. The predicted octanol–water partition coefficient (Wildman–Crippen LogP) is 5.16. The van der Waals surface area contributed by atoms with Crippen molar-refractivity contribution >= 4 is 23.4 Å². The molecule has 35 heavy (non-hydrogen) atoms. The van der Waals surface area contributed by atoms with Crippen LogP contribution in [0, 0.1) is 0 Å². The first-order chi connectivity index (χ1) is 16.8. The highest BCUT2D eigenvalue weighted by molar-refractivity contribution is 8.00. The lowest BCUT2D eigenvalue weighted by molar-refractivity contribution is -0.137. The fraction of sp³-hybridized carbons (Fsp3) is 0.125. The third kappa shape index (κ3) is 5.57. The van der Waals surface area contributed by atoms with Crippen molar-refractivity contribution in [1.82, 2.24) is 14.9 Å². The van der Waals surface area contributed by atoms with Crippen molar-refractivity contribution in [2.24, 2.45) is 0 Å². The molecular formula is C24H20F3N5O2S. The molecular weight excluding hydrogens is 479 g/mol. The largest absolute Gasteiger partial charge is 0.497 e. The lowest BCUT2D eigenvalue weighted by Gasteiger charge is -2.17. The maximum Gasteiger partial charge on any atom is 0.416 e. The van der Waals surface area contributed by atoms with Gasteiger partial charge in [0.05, 0.1) is 12.7 Å². The summed E-state index contributed by atoms with van der Waals surface area (Å²) >= 11 is 1.03. The van der Waals surface area contributed by atoms with Gasteiger partial charge in [-0.2, -0.15) is 13.2 Å². The maximum absolute atomic E-state index is 13.2. The topological polar surface area (TPSA) is 95.1 Å². The number of alkyl halides is 3. The first-order valence-corrected chi connectivity index (χ1v) is 11.2. The summed E-state index contributed by atoms with van der Waals surface area (Å²) < 4.78 is 45.7. The van der Waals surface area contributed by atoms with E-state index in [4.69, 9.17) is 10.6 Å². The molecule has 0 aliphatic rings. The van der Waals surface area contributed by atoms with Crippen LogP contribution in [0.3, 0.4) is 0 Å². The molecule has 7 nitrogen and oxygen atoms in total. The van der Waals surface area contributed by atoms with E-state index in [1.165, 1.54) is 16.8 Å². The van der Waals surface area contributed by atoms with Gasteiger partial charge in [0.2, 0.25) is 11.1 Å². The molecule has 3 aromatic carbocycles. The third-order valence-electron chi connectivity index (χ3n) is 5.03. The number of carbonyl (C=O) groups is 1. The number of amides is 1. The van der Waals surface area contributed by atoms with E-state index in [1.807, 2.05) is 0 Å². The summed E-state index contributed by atoms with van der Waals surface area (Å²) in [7, 11) is 1.56. The molecule has 0 saturated heterocycles. The Morgan fingerprint density at radius 2 is 1.74 bits per heavy atom. The zero-order chi connectivity index (χ0) is 25.0. The van der Waals surface area contributed by atoms with Gasteiger partial charge >= 0.3 is 6.18 Å². The average Bonchev–Trinajstić information content (AvgIpc) is 3.22. The first kappa shape index (κ1) is 24.1. The molecule has 11 heteroatoms. The molecule has 1 atom stereocenters. The number of anilines is 1. The summed E-state index contributed by atoms with van der Waals surface area (Å²) in [5.41, 5.74) is 0.484. The molecule has 4 aromatic rings. The number of ether oxygens (including phenoxy) is 1. The van der Waals surface area contributed by atoms with Crippen LogP contribution in [0.1, 0.15) is 16.4 Å². The molecule has 1 amide bonds. The van der Waals surface area contributed by atoms with Crippen LogP contribution < -0.4 is 15.9 Å². The van der Waals surface area contributed by atoms with Crippen molar-refractivity contribution in [3.05, 3.63) is 90.0 Å². The zero-order valence-corrected chi connectivity index (χ0v) is 19.2. The second-order valence-corrected chi connectivity index (χ2v) is 8.45. The minimum atomic E-state index is -4.53. The Morgan fingerprint density at radius 1 is 1.03 bits per heavy atom. The molecule has 0 bridgehead atoms. The van der Waals surface area contributed by atoms with Crippen molar-refractivity contribution in [2.45, 2.75) is 16.6 Å². The van der Waals surface area contributed by atoms with Gasteiger partial charge in [0.15, 0.2) is 5.82 Å². The van der Waals surface area contributed by atoms with Crippen LogP contribution in [0.4, 0.5) is 18.9 Å². The van der Waals surface area contributed by atoms with E-state index in [1.54, 1.807) is 61.7 Å². The van der Waals surface area contributed by atoms with Gasteiger partial charge in [0, 0.05) is 11.3 Å². The fourth-order valence-electron chi connectivity index (χ4n) is 3.28. The number of nitrogens with zero attached hydrogens (tertiary/aromatic N) is 3. The van der Waals surface area contributed by atoms with E-state index in [2.05, 4.69) is 15.5 Å². The Balaban J connectivity index is 1.61. The Labute approximate surface area is 203 Å². The van der Waals surface area contributed by atoms with Gasteiger partial charge in [-0.05, 0) is 48.0 Å². The van der Waals surface area contributed by atoms with Gasteiger partial charge in [-0.3, -0.25) is 4.79 Å². The van der Waals surface area contributed by atoms with E-state index < -0.39 is 22.9 Å². The molecule has 3 N–H and O–H groups in total. The normalized spacial score (nSPS) is 12.2. The minimum absolute atomic E-state index is 0.0273. The highest BCUT2D eigenvalue weighted by Gasteiger charge is 2.31. The number of aromatic nitrogens is 3. The zero-order valence-electron chi connectivity index (χ0n) is 18.4. The second-order valence-electron chi connectivity index (χ2n) is 7.38. The smallest absolute Gasteiger partial charge is 0.416 e. The highest BCUT2D eigenvalue weighted by atomic mass is 32.2. The Kier molecular flexibility index (Phi) is 6.97. The number of hydrogen-bond donors (Lipinski definition) is 2. The van der Waals surface area contributed by atoms with Crippen LogP contribution in [0.15, 0.2) is 84.0 Å². The molecule has 180 valence electrons. The summed E-state index contributed by atoms with van der Waals surface area (Å²) in [6.45, 7) is 0. The van der Waals surface area contributed by atoms with Crippen LogP contribution in [0.5, 0.6) is 5.75 Å². The van der Waals surface area contributed by atoms with Crippen LogP contribution >= 0.6 is 11.8 Å². The van der Waals surface area contributed by atoms with E-state index in [9.17, 15) is 18.0 Å². The standard InChI is InChI=1S/C24H20F3N5O2S/c1-34-19-12-10-16(11-13-19)21-30-31-23(32(21)28)35-20(15-6-3-2-4-7-15)22(33)29-18-9-5-8-17(14-18)24(25,26)27/h2-14,20H,28H2,1H3,(H,29,33). The van der Waals surface area contributed by atoms with Crippen molar-refractivity contribution in [1.29, 1.82) is 0 Å². The molecule has 1 aromatic heterocycles. The number of nitrogens with two attached hydrogens (primary N) is 1. The molecule has 1 unspecified atom stereocenters. The highest BCUT2D eigenvalue weighted by Crippen LogP contribution is 2.37. The summed E-state index contributed by atoms with van der Waals surface area (Å²) in [6.07, 6.45) is -4.53. The van der Waals surface area contributed by atoms with Crippen molar-refractivity contribution < 1.29 is 22.7 Å². The van der Waals surface area contributed by atoms with E-state index >= 15 is 0 Å². The molecule has 0 saturated carbocycles. The van der Waals surface area contributed by atoms with Crippen LogP contribution in [0.2, 0.25) is 0 Å². The summed E-state index contributed by atoms with van der Waals surface area (Å²) in [6, 6.07) is 20.3.